The van der Waals surface area contributed by atoms with Gasteiger partial charge in [-0.15, -0.1) is 11.8 Å². The molecule has 1 saturated carbocycles. The summed E-state index contributed by atoms with van der Waals surface area (Å²) in [5.41, 5.74) is 1.63. The Bertz CT molecular complexity index is 939. The van der Waals surface area contributed by atoms with Crippen LogP contribution in [0.4, 0.5) is 9.59 Å². The lowest BCUT2D eigenvalue weighted by Crippen LogP contribution is -2.55. The lowest BCUT2D eigenvalue weighted by molar-refractivity contribution is -0.136. The van der Waals surface area contributed by atoms with E-state index in [4.69, 9.17) is 4.74 Å². The topological polar surface area (TPSA) is 100 Å². The SMILES string of the molecule is O=C(O)N(C(=O)C1CSC(c2ccncc2)N1C(=O)OCc1ccccc1)C1CCC1. The highest BCUT2D eigenvalue weighted by molar-refractivity contribution is 7.99. The van der Waals surface area contributed by atoms with E-state index in [2.05, 4.69) is 4.98 Å². The number of benzene rings is 1. The van der Waals surface area contributed by atoms with Gasteiger partial charge in [0.15, 0.2) is 0 Å². The molecule has 0 spiro atoms. The van der Waals surface area contributed by atoms with Gasteiger partial charge in [-0.05, 0) is 42.5 Å². The van der Waals surface area contributed by atoms with Crippen LogP contribution in [-0.2, 0) is 16.1 Å². The van der Waals surface area contributed by atoms with Gasteiger partial charge in [-0.25, -0.2) is 14.5 Å². The van der Waals surface area contributed by atoms with E-state index in [1.54, 1.807) is 24.5 Å². The van der Waals surface area contributed by atoms with Crippen molar-refractivity contribution in [3.8, 4) is 0 Å². The summed E-state index contributed by atoms with van der Waals surface area (Å²) in [6.07, 6.45) is 3.53. The second-order valence-corrected chi connectivity index (χ2v) is 8.62. The molecule has 2 atom stereocenters. The van der Waals surface area contributed by atoms with Gasteiger partial charge in [0.25, 0.3) is 5.91 Å². The number of carbonyl (C=O) groups excluding carboxylic acids is 2. The highest BCUT2D eigenvalue weighted by Gasteiger charge is 2.47. The van der Waals surface area contributed by atoms with Crippen molar-refractivity contribution in [2.45, 2.75) is 43.3 Å². The Morgan fingerprint density at radius 1 is 1.13 bits per heavy atom. The predicted molar refractivity (Wildman–Crippen MR) is 114 cm³/mol. The van der Waals surface area contributed by atoms with Crippen molar-refractivity contribution in [1.82, 2.24) is 14.8 Å². The van der Waals surface area contributed by atoms with E-state index in [0.717, 1.165) is 22.4 Å². The Hall–Kier alpha value is -3.07. The zero-order valence-electron chi connectivity index (χ0n) is 16.8. The molecule has 0 bridgehead atoms. The number of amides is 3. The largest absolute Gasteiger partial charge is 0.465 e. The fourth-order valence-electron chi connectivity index (χ4n) is 3.73. The van der Waals surface area contributed by atoms with E-state index in [1.807, 2.05) is 30.3 Å². The first kappa shape index (κ1) is 21.2. The number of hydrogen-bond donors (Lipinski definition) is 1. The molecule has 0 radical (unpaired) electrons. The molecule has 2 fully saturated rings. The zero-order valence-corrected chi connectivity index (χ0v) is 17.6. The molecule has 31 heavy (non-hydrogen) atoms. The molecule has 1 aliphatic heterocycles. The summed E-state index contributed by atoms with van der Waals surface area (Å²) in [5.74, 6) is -0.277. The van der Waals surface area contributed by atoms with Crippen LogP contribution in [0.2, 0.25) is 0 Å². The maximum Gasteiger partial charge on any atom is 0.414 e. The predicted octanol–water partition coefficient (Wildman–Crippen LogP) is 3.89. The summed E-state index contributed by atoms with van der Waals surface area (Å²) in [7, 11) is 0. The quantitative estimate of drug-likeness (QED) is 0.751. The van der Waals surface area contributed by atoms with Crippen molar-refractivity contribution < 1.29 is 24.2 Å². The van der Waals surface area contributed by atoms with Gasteiger partial charge in [0.2, 0.25) is 0 Å². The van der Waals surface area contributed by atoms with E-state index in [9.17, 15) is 19.5 Å². The Morgan fingerprint density at radius 3 is 2.45 bits per heavy atom. The Balaban J connectivity index is 1.58. The molecule has 9 heteroatoms. The van der Waals surface area contributed by atoms with E-state index in [0.29, 0.717) is 18.6 Å². The van der Waals surface area contributed by atoms with Crippen molar-refractivity contribution >= 4 is 29.9 Å². The maximum absolute atomic E-state index is 13.3. The van der Waals surface area contributed by atoms with Crippen LogP contribution in [0, 0.1) is 0 Å². The summed E-state index contributed by atoms with van der Waals surface area (Å²) in [6, 6.07) is 11.6. The van der Waals surface area contributed by atoms with Gasteiger partial charge >= 0.3 is 12.2 Å². The molecule has 3 amide bonds. The number of imide groups is 1. The van der Waals surface area contributed by atoms with Crippen LogP contribution in [0.25, 0.3) is 0 Å². The van der Waals surface area contributed by atoms with Crippen LogP contribution in [0.3, 0.4) is 0 Å². The minimum Gasteiger partial charge on any atom is -0.465 e. The molecule has 2 aromatic rings. The summed E-state index contributed by atoms with van der Waals surface area (Å²) >= 11 is 1.41. The van der Waals surface area contributed by atoms with Crippen LogP contribution < -0.4 is 0 Å². The van der Waals surface area contributed by atoms with Gasteiger partial charge < -0.3 is 9.84 Å². The van der Waals surface area contributed by atoms with Crippen molar-refractivity contribution in [3.63, 3.8) is 0 Å². The molecular weight excluding hydrogens is 418 g/mol. The van der Waals surface area contributed by atoms with E-state index >= 15 is 0 Å². The zero-order chi connectivity index (χ0) is 21.8. The smallest absolute Gasteiger partial charge is 0.414 e. The third-order valence-electron chi connectivity index (χ3n) is 5.58. The lowest BCUT2D eigenvalue weighted by Gasteiger charge is -2.37. The molecule has 8 nitrogen and oxygen atoms in total. The molecule has 1 aromatic carbocycles. The number of ether oxygens (including phenoxy) is 1. The average Bonchev–Trinajstić information content (AvgIpc) is 3.20. The first-order chi connectivity index (χ1) is 15.1. The van der Waals surface area contributed by atoms with Crippen molar-refractivity contribution in [1.29, 1.82) is 0 Å². The number of pyridine rings is 1. The molecular formula is C22H23N3O5S. The number of thioether (sulfide) groups is 1. The summed E-state index contributed by atoms with van der Waals surface area (Å²) in [5, 5.41) is 9.19. The Kier molecular flexibility index (Phi) is 6.41. The molecule has 1 saturated heterocycles. The molecule has 2 unspecified atom stereocenters. The molecule has 1 N–H and O–H groups in total. The monoisotopic (exact) mass is 441 g/mol. The highest BCUT2D eigenvalue weighted by Crippen LogP contribution is 2.42. The van der Waals surface area contributed by atoms with E-state index in [-0.39, 0.29) is 12.6 Å². The van der Waals surface area contributed by atoms with Crippen LogP contribution in [0.15, 0.2) is 54.9 Å². The van der Waals surface area contributed by atoms with E-state index in [1.165, 1.54) is 16.7 Å². The number of aromatic nitrogens is 1. The Morgan fingerprint density at radius 2 is 1.84 bits per heavy atom. The van der Waals surface area contributed by atoms with Gasteiger partial charge in [-0.3, -0.25) is 14.7 Å². The number of carbonyl (C=O) groups is 3. The van der Waals surface area contributed by atoms with Crippen LogP contribution in [0.5, 0.6) is 0 Å². The minimum absolute atomic E-state index is 0.0656. The van der Waals surface area contributed by atoms with Gasteiger partial charge in [-0.1, -0.05) is 30.3 Å². The molecule has 1 aliphatic carbocycles. The standard InChI is InChI=1S/C22H23N3O5S/c26-19(24(21(27)28)17-7-4-8-17)18-14-31-20(16-9-11-23-12-10-16)25(18)22(29)30-13-15-5-2-1-3-6-15/h1-3,5-6,9-12,17-18,20H,4,7-8,13-14H2,(H,27,28). The molecule has 1 aromatic heterocycles. The summed E-state index contributed by atoms with van der Waals surface area (Å²) in [4.78, 5) is 44.5. The molecule has 4 rings (SSSR count). The number of rotatable bonds is 5. The van der Waals surface area contributed by atoms with Crippen LogP contribution in [-0.4, -0.2) is 55.8 Å². The molecule has 2 heterocycles. The second kappa shape index (κ2) is 9.38. The lowest BCUT2D eigenvalue weighted by atomic mass is 9.91. The maximum atomic E-state index is 13.3. The summed E-state index contributed by atoms with van der Waals surface area (Å²) < 4.78 is 5.53. The van der Waals surface area contributed by atoms with Gasteiger partial charge in [0, 0.05) is 24.2 Å². The fraction of sp³-hybridized carbons (Fsp3) is 0.364. The summed E-state index contributed by atoms with van der Waals surface area (Å²) in [6.45, 7) is 0.0656. The van der Waals surface area contributed by atoms with Crippen molar-refractivity contribution in [2.24, 2.45) is 0 Å². The van der Waals surface area contributed by atoms with Gasteiger partial charge in [-0.2, -0.15) is 0 Å². The number of nitrogens with zero attached hydrogens (tertiary/aromatic N) is 3. The third-order valence-corrected chi connectivity index (χ3v) is 6.90. The van der Waals surface area contributed by atoms with Crippen LogP contribution in [0.1, 0.15) is 35.8 Å². The number of carboxylic acid groups (broad SMARTS) is 1. The van der Waals surface area contributed by atoms with Gasteiger partial charge in [0.1, 0.15) is 18.0 Å². The van der Waals surface area contributed by atoms with E-state index < -0.39 is 29.5 Å². The van der Waals surface area contributed by atoms with Crippen LogP contribution >= 0.6 is 11.8 Å². The third kappa shape index (κ3) is 4.51. The minimum atomic E-state index is -1.27. The highest BCUT2D eigenvalue weighted by atomic mass is 32.2. The Labute approximate surface area is 184 Å². The normalized spacial score (nSPS) is 20.7. The second-order valence-electron chi connectivity index (χ2n) is 7.51. The first-order valence-corrected chi connectivity index (χ1v) is 11.2. The molecule has 2 aliphatic rings. The fourth-order valence-corrected chi connectivity index (χ4v) is 5.15. The first-order valence-electron chi connectivity index (χ1n) is 10.1. The number of hydrogen-bond acceptors (Lipinski definition) is 6. The molecule has 162 valence electrons. The van der Waals surface area contributed by atoms with Crippen molar-refractivity contribution in [2.75, 3.05) is 5.75 Å². The van der Waals surface area contributed by atoms with Gasteiger partial charge in [0.05, 0.1) is 0 Å². The average molecular weight is 442 g/mol. The van der Waals surface area contributed by atoms with Crippen molar-refractivity contribution in [3.05, 3.63) is 66.0 Å².